The quantitative estimate of drug-likeness (QED) is 0.387. The molecule has 0 bridgehead atoms. The van der Waals surface area contributed by atoms with Crippen molar-refractivity contribution in [2.45, 2.75) is 13.8 Å². The van der Waals surface area contributed by atoms with Gasteiger partial charge in [0, 0.05) is 25.2 Å². The second-order valence-corrected chi connectivity index (χ2v) is 9.41. The summed E-state index contributed by atoms with van der Waals surface area (Å²) in [5.41, 5.74) is 4.93. The van der Waals surface area contributed by atoms with Crippen molar-refractivity contribution >= 4 is 23.0 Å². The molecule has 0 amide bonds. The van der Waals surface area contributed by atoms with Crippen LogP contribution < -0.4 is 16.4 Å². The maximum atomic E-state index is 13.5. The van der Waals surface area contributed by atoms with Gasteiger partial charge >= 0.3 is 0 Å². The van der Waals surface area contributed by atoms with Crippen LogP contribution in [0.2, 0.25) is 0 Å². The second kappa shape index (κ2) is 9.29. The third kappa shape index (κ3) is 3.86. The molecular weight excluding hydrogens is 490 g/mol. The Hall–Kier alpha value is -5.18. The van der Waals surface area contributed by atoms with Crippen molar-refractivity contribution < 1.29 is 0 Å². The van der Waals surface area contributed by atoms with Gasteiger partial charge in [-0.1, -0.05) is 60.7 Å². The first-order chi connectivity index (χ1) is 18.9. The Labute approximate surface area is 224 Å². The van der Waals surface area contributed by atoms with Crippen molar-refractivity contribution in [2.24, 2.45) is 24.1 Å². The van der Waals surface area contributed by atoms with Crippen molar-refractivity contribution in [3.05, 3.63) is 128 Å². The van der Waals surface area contributed by atoms with Crippen molar-refractivity contribution in [1.29, 1.82) is 0 Å². The molecule has 5 aromatic rings. The van der Waals surface area contributed by atoms with Crippen LogP contribution in [0.3, 0.4) is 0 Å². The minimum Gasteiger partial charge on any atom is -0.334 e. The topological polar surface area (TPSA) is 90.6 Å². The lowest BCUT2D eigenvalue weighted by molar-refractivity contribution is 0.630. The minimum absolute atomic E-state index is 0.184. The Morgan fingerprint density at radius 1 is 0.667 bits per heavy atom. The molecule has 0 atom stereocenters. The summed E-state index contributed by atoms with van der Waals surface area (Å²) in [6.45, 7) is 3.75. The summed E-state index contributed by atoms with van der Waals surface area (Å²) in [7, 11) is 3.68. The number of nitrogens with one attached hydrogen (secondary N) is 1. The van der Waals surface area contributed by atoms with Gasteiger partial charge < -0.3 is 5.32 Å². The summed E-state index contributed by atoms with van der Waals surface area (Å²) >= 11 is 0. The smallest absolute Gasteiger partial charge is 0.297 e. The first kappa shape index (κ1) is 24.2. The van der Waals surface area contributed by atoms with Crippen LogP contribution in [0.4, 0.5) is 11.4 Å². The van der Waals surface area contributed by atoms with Crippen LogP contribution in [0.5, 0.6) is 0 Å². The zero-order valence-corrected chi connectivity index (χ0v) is 22.1. The van der Waals surface area contributed by atoms with E-state index in [0.29, 0.717) is 23.0 Å². The van der Waals surface area contributed by atoms with E-state index < -0.39 is 0 Å². The maximum Gasteiger partial charge on any atom is 0.297 e. The number of aliphatic imine (C=N–C) groups is 2. The number of para-hydroxylation sites is 2. The standard InChI is InChI=1S/C30H27N7O2/c1-19-25(29(38)36(34(19)3)21-13-7-5-8-14-21)31-27-23-17-11-12-18-24(23)28(33-27)32-26-20(2)35(4)37(30(26)39)22-15-9-6-10-16-22/h5-18H,1-4H3,(H,31,32,33). The summed E-state index contributed by atoms with van der Waals surface area (Å²) in [6.07, 6.45) is 0. The van der Waals surface area contributed by atoms with E-state index in [1.165, 1.54) is 0 Å². The van der Waals surface area contributed by atoms with Crippen LogP contribution in [0.1, 0.15) is 22.5 Å². The molecule has 0 unspecified atom stereocenters. The monoisotopic (exact) mass is 517 g/mol. The Morgan fingerprint density at radius 2 is 1.18 bits per heavy atom. The first-order valence-corrected chi connectivity index (χ1v) is 12.6. The molecule has 0 fully saturated rings. The van der Waals surface area contributed by atoms with Crippen LogP contribution >= 0.6 is 0 Å². The molecule has 0 saturated heterocycles. The Bertz CT molecular complexity index is 1900. The van der Waals surface area contributed by atoms with Crippen LogP contribution in [0.25, 0.3) is 11.4 Å². The second-order valence-electron chi connectivity index (χ2n) is 9.41. The van der Waals surface area contributed by atoms with Gasteiger partial charge in [0.25, 0.3) is 11.1 Å². The van der Waals surface area contributed by atoms with Crippen molar-refractivity contribution in [3.8, 4) is 11.4 Å². The Balaban J connectivity index is 1.45. The molecule has 9 heteroatoms. The van der Waals surface area contributed by atoms with Gasteiger partial charge in [0.05, 0.1) is 22.8 Å². The molecule has 6 rings (SSSR count). The molecule has 9 nitrogen and oxygen atoms in total. The summed E-state index contributed by atoms with van der Waals surface area (Å²) in [5.74, 6) is 0.920. The van der Waals surface area contributed by atoms with Gasteiger partial charge in [-0.3, -0.25) is 19.0 Å². The third-order valence-corrected chi connectivity index (χ3v) is 7.18. The molecule has 2 aromatic heterocycles. The van der Waals surface area contributed by atoms with Crippen molar-refractivity contribution in [1.82, 2.24) is 18.7 Å². The normalized spacial score (nSPS) is 13.5. The van der Waals surface area contributed by atoms with Crippen LogP contribution in [0.15, 0.2) is 105 Å². The number of hydrogen-bond donors (Lipinski definition) is 1. The number of nitrogens with zero attached hydrogens (tertiary/aromatic N) is 6. The van der Waals surface area contributed by atoms with Gasteiger partial charge in [0.1, 0.15) is 11.5 Å². The number of fused-ring (bicyclic) bond motifs is 1. The zero-order valence-electron chi connectivity index (χ0n) is 22.1. The molecular formula is C30H27N7O2. The lowest BCUT2D eigenvalue weighted by Gasteiger charge is -2.07. The van der Waals surface area contributed by atoms with Crippen LogP contribution in [-0.4, -0.2) is 30.4 Å². The Morgan fingerprint density at radius 3 is 1.79 bits per heavy atom. The van der Waals surface area contributed by atoms with E-state index in [9.17, 15) is 9.59 Å². The number of aromatic nitrogens is 4. The van der Waals surface area contributed by atoms with E-state index in [1.807, 2.05) is 118 Å². The number of hydrogen-bond acceptors (Lipinski definition) is 4. The molecule has 1 N–H and O–H groups in total. The van der Waals surface area contributed by atoms with E-state index in [2.05, 4.69) is 5.32 Å². The first-order valence-electron chi connectivity index (χ1n) is 12.6. The summed E-state index contributed by atoms with van der Waals surface area (Å²) < 4.78 is 6.82. The van der Waals surface area contributed by atoms with Gasteiger partial charge in [-0.15, -0.1) is 0 Å². The fourth-order valence-electron chi connectivity index (χ4n) is 4.91. The lowest BCUT2D eigenvalue weighted by Crippen LogP contribution is -2.22. The van der Waals surface area contributed by atoms with E-state index in [1.54, 1.807) is 14.0 Å². The third-order valence-electron chi connectivity index (χ3n) is 7.18. The van der Waals surface area contributed by atoms with Crippen LogP contribution in [-0.2, 0) is 14.1 Å². The lowest BCUT2D eigenvalue weighted by atomic mass is 10.1. The average molecular weight is 518 g/mol. The molecule has 0 radical (unpaired) electrons. The molecule has 39 heavy (non-hydrogen) atoms. The van der Waals surface area contributed by atoms with Crippen molar-refractivity contribution in [2.75, 3.05) is 5.32 Å². The molecule has 0 saturated carbocycles. The van der Waals surface area contributed by atoms with Gasteiger partial charge in [0.2, 0.25) is 0 Å². The van der Waals surface area contributed by atoms with Crippen molar-refractivity contribution in [3.63, 3.8) is 0 Å². The number of rotatable bonds is 4. The highest BCUT2D eigenvalue weighted by Crippen LogP contribution is 2.25. The molecule has 3 heterocycles. The van der Waals surface area contributed by atoms with Crippen LogP contribution in [0, 0.1) is 13.8 Å². The molecule has 1 aliphatic rings. The highest BCUT2D eigenvalue weighted by molar-refractivity contribution is 6.26. The zero-order chi connectivity index (χ0) is 27.3. The fourth-order valence-corrected chi connectivity index (χ4v) is 4.91. The highest BCUT2D eigenvalue weighted by atomic mass is 16.1. The number of amidine groups is 2. The SMILES string of the molecule is Cc1c(N=C2N=C(Nc3c(C)n(C)n(-c4ccccc4)c3=O)c3ccccc32)c(=O)n(-c2ccccc2)n1C. The molecule has 1 aliphatic heterocycles. The number of benzene rings is 3. The highest BCUT2D eigenvalue weighted by Gasteiger charge is 2.26. The predicted octanol–water partition coefficient (Wildman–Crippen LogP) is 4.23. The van der Waals surface area contributed by atoms with Gasteiger partial charge in [-0.2, -0.15) is 0 Å². The van der Waals surface area contributed by atoms with E-state index in [0.717, 1.165) is 33.9 Å². The molecule has 3 aromatic carbocycles. The summed E-state index contributed by atoms with van der Waals surface area (Å²) in [4.78, 5) is 36.5. The maximum absolute atomic E-state index is 13.5. The average Bonchev–Trinajstić information content (AvgIpc) is 3.49. The molecule has 0 spiro atoms. The summed E-state index contributed by atoms with van der Waals surface area (Å²) in [6, 6.07) is 26.6. The minimum atomic E-state index is -0.229. The van der Waals surface area contributed by atoms with E-state index in [-0.39, 0.29) is 11.1 Å². The van der Waals surface area contributed by atoms with Gasteiger partial charge in [0.15, 0.2) is 11.5 Å². The fraction of sp³-hybridized carbons (Fsp3) is 0.133. The molecule has 194 valence electrons. The Kier molecular flexibility index (Phi) is 5.76. The van der Waals surface area contributed by atoms with E-state index >= 15 is 0 Å². The summed E-state index contributed by atoms with van der Waals surface area (Å²) in [5, 5.41) is 3.28. The molecule has 0 aliphatic carbocycles. The van der Waals surface area contributed by atoms with Gasteiger partial charge in [-0.05, 0) is 38.1 Å². The predicted molar refractivity (Wildman–Crippen MR) is 154 cm³/mol. The largest absolute Gasteiger partial charge is 0.334 e. The van der Waals surface area contributed by atoms with E-state index in [4.69, 9.17) is 9.98 Å². The van der Waals surface area contributed by atoms with Gasteiger partial charge in [-0.25, -0.2) is 19.3 Å². The number of anilines is 1.